The second kappa shape index (κ2) is 10.9. The van der Waals surface area contributed by atoms with E-state index >= 15 is 0 Å². The molecule has 1 aliphatic heterocycles. The van der Waals surface area contributed by atoms with Crippen LogP contribution in [0.4, 0.5) is 10.7 Å². The van der Waals surface area contributed by atoms with E-state index in [9.17, 15) is 24.0 Å². The molecule has 0 atom stereocenters. The number of ether oxygens (including phenoxy) is 2. The van der Waals surface area contributed by atoms with Gasteiger partial charge in [-0.1, -0.05) is 6.92 Å². The lowest BCUT2D eigenvalue weighted by Crippen LogP contribution is -2.50. The molecule has 0 radical (unpaired) electrons. The van der Waals surface area contributed by atoms with E-state index < -0.39 is 24.5 Å². The lowest BCUT2D eigenvalue weighted by molar-refractivity contribution is -0.130. The summed E-state index contributed by atoms with van der Waals surface area (Å²) in [6.45, 7) is 5.12. The molecule has 10 nitrogen and oxygen atoms in total. The Kier molecular flexibility index (Phi) is 8.00. The Bertz CT molecular complexity index is 1120. The Labute approximate surface area is 200 Å². The normalized spacial score (nSPS) is 13.3. The minimum atomic E-state index is -0.738. The number of esters is 2. The maximum Gasteiger partial charge on any atom is 0.341 e. The van der Waals surface area contributed by atoms with Crippen molar-refractivity contribution < 1.29 is 33.4 Å². The zero-order chi connectivity index (χ0) is 24.8. The van der Waals surface area contributed by atoms with Gasteiger partial charge in [0.2, 0.25) is 11.8 Å². The quantitative estimate of drug-likeness (QED) is 0.548. The number of nitrogens with zero attached hydrogens (tertiary/aromatic N) is 1. The Morgan fingerprint density at radius 2 is 1.76 bits per heavy atom. The van der Waals surface area contributed by atoms with Gasteiger partial charge in [-0.3, -0.25) is 19.8 Å². The number of rotatable bonds is 8. The molecule has 1 saturated heterocycles. The number of carbonyl (C=O) groups is 5. The maximum absolute atomic E-state index is 12.4. The number of nitrogens with one attached hydrogen (secondary N) is 2. The molecule has 11 heteroatoms. The standard InChI is InChI=1S/C23H25N3O7S/c1-4-16-13(3)34-21(20(16)23(31)32-5-2)24-18(28)12-33-22(30)14-6-8-15(9-7-14)26-19(29)11-10-17(27)25-26/h6-9H,4-5,10-12H2,1-3H3,(H,24,28)(H,25,27). The van der Waals surface area contributed by atoms with Crippen LogP contribution in [0.2, 0.25) is 0 Å². The van der Waals surface area contributed by atoms with E-state index in [4.69, 9.17) is 9.47 Å². The SMILES string of the molecule is CCOC(=O)c1c(NC(=O)COC(=O)c2ccc(N3NC(=O)CCC3=O)cc2)sc(C)c1CC. The molecule has 0 unspecified atom stereocenters. The molecule has 0 aliphatic carbocycles. The topological polar surface area (TPSA) is 131 Å². The number of hydrogen-bond acceptors (Lipinski definition) is 8. The van der Waals surface area contributed by atoms with Gasteiger partial charge in [-0.15, -0.1) is 11.3 Å². The van der Waals surface area contributed by atoms with Crippen molar-refractivity contribution in [2.45, 2.75) is 40.0 Å². The largest absolute Gasteiger partial charge is 0.462 e. The highest BCUT2D eigenvalue weighted by Gasteiger charge is 2.25. The van der Waals surface area contributed by atoms with Crippen LogP contribution in [-0.2, 0) is 30.3 Å². The number of anilines is 2. The second-order valence-corrected chi connectivity index (χ2v) is 8.58. The predicted octanol–water partition coefficient (Wildman–Crippen LogP) is 2.75. The van der Waals surface area contributed by atoms with E-state index in [1.807, 2.05) is 13.8 Å². The highest BCUT2D eigenvalue weighted by Crippen LogP contribution is 2.34. The summed E-state index contributed by atoms with van der Waals surface area (Å²) in [6.07, 6.45) is 0.837. The predicted molar refractivity (Wildman–Crippen MR) is 125 cm³/mol. The van der Waals surface area contributed by atoms with Crippen LogP contribution in [-0.4, -0.2) is 42.9 Å². The van der Waals surface area contributed by atoms with Gasteiger partial charge in [0.1, 0.15) is 5.00 Å². The van der Waals surface area contributed by atoms with Crippen molar-refractivity contribution in [1.82, 2.24) is 5.43 Å². The van der Waals surface area contributed by atoms with E-state index in [1.54, 1.807) is 6.92 Å². The molecule has 3 amide bonds. The van der Waals surface area contributed by atoms with Crippen LogP contribution in [0.15, 0.2) is 24.3 Å². The van der Waals surface area contributed by atoms with Crippen molar-refractivity contribution in [3.63, 3.8) is 0 Å². The zero-order valence-electron chi connectivity index (χ0n) is 19.1. The van der Waals surface area contributed by atoms with Gasteiger partial charge in [0, 0.05) is 17.7 Å². The molecule has 0 saturated carbocycles. The summed E-state index contributed by atoms with van der Waals surface area (Å²) in [4.78, 5) is 61.5. The van der Waals surface area contributed by atoms with Gasteiger partial charge in [-0.25, -0.2) is 14.6 Å². The Hall–Kier alpha value is -3.73. The molecule has 3 rings (SSSR count). The number of aryl methyl sites for hydroxylation is 1. The van der Waals surface area contributed by atoms with Gasteiger partial charge in [0.05, 0.1) is 23.4 Å². The second-order valence-electron chi connectivity index (χ2n) is 7.35. The van der Waals surface area contributed by atoms with Crippen LogP contribution >= 0.6 is 11.3 Å². The first kappa shape index (κ1) is 24.9. The van der Waals surface area contributed by atoms with Crippen molar-refractivity contribution in [2.75, 3.05) is 23.5 Å². The smallest absolute Gasteiger partial charge is 0.341 e. The molecular formula is C23H25N3O7S. The zero-order valence-corrected chi connectivity index (χ0v) is 19.9. The van der Waals surface area contributed by atoms with E-state index in [0.717, 1.165) is 15.4 Å². The third-order valence-corrected chi connectivity index (χ3v) is 6.11. The lowest BCUT2D eigenvalue weighted by Gasteiger charge is -2.27. The van der Waals surface area contributed by atoms with E-state index in [0.29, 0.717) is 22.7 Å². The number of thiophene rings is 1. The van der Waals surface area contributed by atoms with Crippen LogP contribution in [0.3, 0.4) is 0 Å². The van der Waals surface area contributed by atoms with Crippen LogP contribution in [0.1, 0.15) is 57.8 Å². The number of benzene rings is 1. The molecule has 1 aliphatic rings. The van der Waals surface area contributed by atoms with Gasteiger partial charge >= 0.3 is 11.9 Å². The summed E-state index contributed by atoms with van der Waals surface area (Å²) in [5, 5.41) is 4.11. The Morgan fingerprint density at radius 1 is 1.06 bits per heavy atom. The van der Waals surface area contributed by atoms with Gasteiger partial charge in [-0.2, -0.15) is 0 Å². The Balaban J connectivity index is 1.61. The van der Waals surface area contributed by atoms with Crippen LogP contribution < -0.4 is 15.8 Å². The number of hydrazine groups is 1. The molecule has 1 fully saturated rings. The van der Waals surface area contributed by atoms with Crippen LogP contribution in [0.25, 0.3) is 0 Å². The first-order valence-corrected chi connectivity index (χ1v) is 11.6. The van der Waals surface area contributed by atoms with Crippen molar-refractivity contribution >= 4 is 51.7 Å². The summed E-state index contributed by atoms with van der Waals surface area (Å²) in [6, 6.07) is 5.84. The van der Waals surface area contributed by atoms with Gasteiger partial charge < -0.3 is 14.8 Å². The summed E-state index contributed by atoms with van der Waals surface area (Å²) >= 11 is 1.26. The number of hydrogen-bond donors (Lipinski definition) is 2. The third kappa shape index (κ3) is 5.60. The molecule has 180 valence electrons. The highest BCUT2D eigenvalue weighted by atomic mass is 32.1. The van der Waals surface area contributed by atoms with Crippen molar-refractivity contribution in [3.8, 4) is 0 Å². The molecule has 0 spiro atoms. The molecule has 2 N–H and O–H groups in total. The average Bonchev–Trinajstić information content (AvgIpc) is 3.13. The number of carbonyl (C=O) groups excluding carboxylic acids is 5. The molecular weight excluding hydrogens is 462 g/mol. The maximum atomic E-state index is 12.4. The summed E-state index contributed by atoms with van der Waals surface area (Å²) in [5.74, 6) is -2.38. The van der Waals surface area contributed by atoms with Crippen LogP contribution in [0, 0.1) is 6.92 Å². The first-order valence-electron chi connectivity index (χ1n) is 10.7. The van der Waals surface area contributed by atoms with Crippen molar-refractivity contribution in [1.29, 1.82) is 0 Å². The molecule has 1 aromatic heterocycles. The Morgan fingerprint density at radius 3 is 2.41 bits per heavy atom. The minimum Gasteiger partial charge on any atom is -0.462 e. The molecule has 34 heavy (non-hydrogen) atoms. The lowest BCUT2D eigenvalue weighted by atomic mass is 10.1. The van der Waals surface area contributed by atoms with E-state index in [2.05, 4.69) is 10.7 Å². The average molecular weight is 488 g/mol. The molecule has 1 aromatic carbocycles. The van der Waals surface area contributed by atoms with E-state index in [1.165, 1.54) is 35.6 Å². The fourth-order valence-electron chi connectivity index (χ4n) is 3.42. The minimum absolute atomic E-state index is 0.103. The van der Waals surface area contributed by atoms with Gasteiger partial charge in [-0.05, 0) is 50.1 Å². The molecule has 2 heterocycles. The first-order chi connectivity index (χ1) is 16.2. The van der Waals surface area contributed by atoms with E-state index in [-0.39, 0.29) is 36.8 Å². The van der Waals surface area contributed by atoms with Crippen molar-refractivity contribution in [2.24, 2.45) is 0 Å². The monoisotopic (exact) mass is 487 g/mol. The summed E-state index contributed by atoms with van der Waals surface area (Å²) in [5.41, 5.74) is 4.16. The highest BCUT2D eigenvalue weighted by molar-refractivity contribution is 7.16. The van der Waals surface area contributed by atoms with Gasteiger partial charge in [0.25, 0.3) is 5.91 Å². The fourth-order valence-corrected chi connectivity index (χ4v) is 4.57. The summed E-state index contributed by atoms with van der Waals surface area (Å²) in [7, 11) is 0. The fraction of sp³-hybridized carbons (Fsp3) is 0.348. The number of amides is 3. The molecule has 2 aromatic rings. The van der Waals surface area contributed by atoms with Crippen LogP contribution in [0.5, 0.6) is 0 Å². The van der Waals surface area contributed by atoms with Gasteiger partial charge in [0.15, 0.2) is 6.61 Å². The van der Waals surface area contributed by atoms with Crippen molar-refractivity contribution in [3.05, 3.63) is 45.8 Å². The summed E-state index contributed by atoms with van der Waals surface area (Å²) < 4.78 is 10.2. The third-order valence-electron chi connectivity index (χ3n) is 5.04. The molecule has 0 bridgehead atoms.